The van der Waals surface area contributed by atoms with Crippen LogP contribution in [0, 0.1) is 29.4 Å². The van der Waals surface area contributed by atoms with Gasteiger partial charge < -0.3 is 4.57 Å². The molecule has 0 unspecified atom stereocenters. The number of thiazole rings is 1. The summed E-state index contributed by atoms with van der Waals surface area (Å²) in [7, 11) is 0. The van der Waals surface area contributed by atoms with Crippen LogP contribution in [0.4, 0.5) is 5.69 Å². The summed E-state index contributed by atoms with van der Waals surface area (Å²) in [5.74, 6) is 2.22. The van der Waals surface area contributed by atoms with E-state index >= 15 is 0 Å². The van der Waals surface area contributed by atoms with Crippen molar-refractivity contribution in [1.82, 2.24) is 4.57 Å². The molecule has 0 saturated heterocycles. The third-order valence-corrected chi connectivity index (χ3v) is 4.88. The van der Waals surface area contributed by atoms with E-state index in [1.807, 2.05) is 31.2 Å². The summed E-state index contributed by atoms with van der Waals surface area (Å²) >= 11 is 1.28. The zero-order valence-corrected chi connectivity index (χ0v) is 14.8. The topological polar surface area (TPSA) is 77.5 Å². The second-order valence-electron chi connectivity index (χ2n) is 5.75. The predicted molar refractivity (Wildman–Crippen MR) is 101 cm³/mol. The smallest absolute Gasteiger partial charge is 0.271 e. The van der Waals surface area contributed by atoms with E-state index in [-0.39, 0.29) is 24.6 Å². The minimum atomic E-state index is -0.462. The number of hydrogen-bond donors (Lipinski definition) is 0. The van der Waals surface area contributed by atoms with Crippen molar-refractivity contribution in [2.24, 2.45) is 4.99 Å². The van der Waals surface area contributed by atoms with Gasteiger partial charge in [0.2, 0.25) is 0 Å². The summed E-state index contributed by atoms with van der Waals surface area (Å²) in [6.07, 6.45) is 5.60. The van der Waals surface area contributed by atoms with Crippen molar-refractivity contribution in [3.05, 3.63) is 68.5 Å². The Morgan fingerprint density at radius 3 is 2.69 bits per heavy atom. The molecule has 6 nitrogen and oxygen atoms in total. The zero-order chi connectivity index (χ0) is 18.7. The lowest BCUT2D eigenvalue weighted by molar-refractivity contribution is -0.384. The number of carbonyl (C=O) groups excluding carboxylic acids is 1. The first kappa shape index (κ1) is 17.6. The highest BCUT2D eigenvalue weighted by Crippen LogP contribution is 2.23. The summed E-state index contributed by atoms with van der Waals surface area (Å²) in [5, 5.41) is 11.0. The fourth-order valence-corrected chi connectivity index (χ4v) is 3.55. The molecule has 0 fully saturated rings. The fraction of sp³-hybridized carbons (Fsp3) is 0.158. The Morgan fingerprint density at radius 2 is 2.04 bits per heavy atom. The van der Waals surface area contributed by atoms with E-state index in [1.165, 1.54) is 23.5 Å². The van der Waals surface area contributed by atoms with Crippen molar-refractivity contribution in [3.63, 3.8) is 0 Å². The Morgan fingerprint density at radius 1 is 1.31 bits per heavy atom. The van der Waals surface area contributed by atoms with Gasteiger partial charge >= 0.3 is 0 Å². The molecule has 0 saturated carbocycles. The SMILES string of the molecule is C#CCn1c(=NC(=O)Cc2ccc(C)cc2)sc2ccc([N+](=O)[O-])cc21. The predicted octanol–water partition coefficient (Wildman–Crippen LogP) is 3.22. The molecule has 1 amide bonds. The van der Waals surface area contributed by atoms with Gasteiger partial charge in [0.1, 0.15) is 0 Å². The Kier molecular flexibility index (Phi) is 4.96. The molecule has 1 aromatic heterocycles. The van der Waals surface area contributed by atoms with Gasteiger partial charge in [-0.3, -0.25) is 14.9 Å². The minimum absolute atomic E-state index is 0.0291. The van der Waals surface area contributed by atoms with Crippen molar-refractivity contribution in [2.75, 3.05) is 0 Å². The first-order chi connectivity index (χ1) is 12.5. The van der Waals surface area contributed by atoms with Crippen molar-refractivity contribution >= 4 is 33.1 Å². The maximum Gasteiger partial charge on any atom is 0.271 e. The lowest BCUT2D eigenvalue weighted by Gasteiger charge is -2.00. The Labute approximate surface area is 153 Å². The van der Waals surface area contributed by atoms with Gasteiger partial charge in [-0.1, -0.05) is 47.1 Å². The van der Waals surface area contributed by atoms with Crippen LogP contribution in [0.3, 0.4) is 0 Å². The molecule has 0 N–H and O–H groups in total. The molecular weight excluding hydrogens is 350 g/mol. The number of non-ortho nitro benzene ring substituents is 1. The molecule has 3 aromatic rings. The lowest BCUT2D eigenvalue weighted by Crippen LogP contribution is -2.17. The average molecular weight is 365 g/mol. The number of nitro benzene ring substituents is 1. The van der Waals surface area contributed by atoms with Gasteiger partial charge in [0, 0.05) is 12.1 Å². The fourth-order valence-electron chi connectivity index (χ4n) is 2.53. The normalized spacial score (nSPS) is 11.5. The standard InChI is InChI=1S/C19H15N3O3S/c1-3-10-21-16-12-15(22(24)25)8-9-17(16)26-19(21)20-18(23)11-14-6-4-13(2)5-7-14/h1,4-9,12H,10-11H2,2H3. The molecule has 2 aromatic carbocycles. The van der Waals surface area contributed by atoms with Crippen molar-refractivity contribution in [1.29, 1.82) is 0 Å². The number of terminal acetylenes is 1. The molecule has 0 aliphatic heterocycles. The molecule has 130 valence electrons. The molecule has 0 spiro atoms. The van der Waals surface area contributed by atoms with Gasteiger partial charge in [-0.15, -0.1) is 6.42 Å². The van der Waals surface area contributed by atoms with Crippen LogP contribution < -0.4 is 4.80 Å². The van der Waals surface area contributed by atoms with Gasteiger partial charge in [-0.2, -0.15) is 4.99 Å². The maximum absolute atomic E-state index is 12.3. The van der Waals surface area contributed by atoms with E-state index < -0.39 is 4.92 Å². The molecule has 26 heavy (non-hydrogen) atoms. The van der Waals surface area contributed by atoms with Crippen molar-refractivity contribution in [2.45, 2.75) is 19.9 Å². The van der Waals surface area contributed by atoms with E-state index in [2.05, 4.69) is 10.9 Å². The summed E-state index contributed by atoms with van der Waals surface area (Å²) in [6, 6.07) is 12.2. The number of nitro groups is 1. The molecule has 1 heterocycles. The highest BCUT2D eigenvalue weighted by atomic mass is 32.1. The number of amides is 1. The molecule has 0 aliphatic carbocycles. The molecular formula is C19H15N3O3S. The lowest BCUT2D eigenvalue weighted by atomic mass is 10.1. The van der Waals surface area contributed by atoms with E-state index in [4.69, 9.17) is 6.42 Å². The van der Waals surface area contributed by atoms with Crippen molar-refractivity contribution in [3.8, 4) is 12.3 Å². The van der Waals surface area contributed by atoms with Crippen molar-refractivity contribution < 1.29 is 9.72 Å². The van der Waals surface area contributed by atoms with E-state index in [0.717, 1.165) is 15.8 Å². The number of rotatable bonds is 4. The monoisotopic (exact) mass is 365 g/mol. The second-order valence-corrected chi connectivity index (χ2v) is 6.76. The number of benzene rings is 2. The van der Waals surface area contributed by atoms with Gasteiger partial charge in [0.15, 0.2) is 4.80 Å². The van der Waals surface area contributed by atoms with E-state index in [9.17, 15) is 14.9 Å². The van der Waals surface area contributed by atoms with Crippen LogP contribution in [0.1, 0.15) is 11.1 Å². The first-order valence-electron chi connectivity index (χ1n) is 7.82. The van der Waals surface area contributed by atoms with Crippen LogP contribution >= 0.6 is 11.3 Å². The Balaban J connectivity index is 2.02. The first-order valence-corrected chi connectivity index (χ1v) is 8.64. The molecule has 3 rings (SSSR count). The van der Waals surface area contributed by atoms with Crippen LogP contribution in [0.15, 0.2) is 47.5 Å². The number of fused-ring (bicyclic) bond motifs is 1. The van der Waals surface area contributed by atoms with Gasteiger partial charge in [0.05, 0.1) is 28.1 Å². The number of aryl methyl sites for hydroxylation is 1. The third-order valence-electron chi connectivity index (χ3n) is 3.82. The highest BCUT2D eigenvalue weighted by Gasteiger charge is 2.12. The summed E-state index contributed by atoms with van der Waals surface area (Å²) in [5.41, 5.74) is 2.57. The summed E-state index contributed by atoms with van der Waals surface area (Å²) in [4.78, 5) is 27.5. The summed E-state index contributed by atoms with van der Waals surface area (Å²) in [6.45, 7) is 2.16. The molecule has 0 radical (unpaired) electrons. The minimum Gasteiger partial charge on any atom is -0.304 e. The van der Waals surface area contributed by atoms with Gasteiger partial charge in [-0.05, 0) is 18.6 Å². The van der Waals surface area contributed by atoms with E-state index in [1.54, 1.807) is 10.6 Å². The molecule has 7 heteroatoms. The number of aromatic nitrogens is 1. The highest BCUT2D eigenvalue weighted by molar-refractivity contribution is 7.16. The van der Waals surface area contributed by atoms with Crippen LogP contribution in [-0.4, -0.2) is 15.4 Å². The maximum atomic E-state index is 12.3. The second kappa shape index (κ2) is 7.33. The Hall–Kier alpha value is -3.24. The van der Waals surface area contributed by atoms with E-state index in [0.29, 0.717) is 10.3 Å². The zero-order valence-electron chi connectivity index (χ0n) is 14.0. The molecule has 0 aliphatic rings. The average Bonchev–Trinajstić information content (AvgIpc) is 2.94. The van der Waals surface area contributed by atoms with Gasteiger partial charge in [-0.25, -0.2) is 0 Å². The Bertz CT molecular complexity index is 1100. The van der Waals surface area contributed by atoms with Crippen LogP contribution in [0.5, 0.6) is 0 Å². The number of carbonyl (C=O) groups is 1. The van der Waals surface area contributed by atoms with Crippen LogP contribution in [0.25, 0.3) is 10.2 Å². The summed E-state index contributed by atoms with van der Waals surface area (Å²) < 4.78 is 2.44. The van der Waals surface area contributed by atoms with Crippen LogP contribution in [-0.2, 0) is 17.8 Å². The van der Waals surface area contributed by atoms with Crippen LogP contribution in [0.2, 0.25) is 0 Å². The third kappa shape index (κ3) is 3.71. The quantitative estimate of drug-likeness (QED) is 0.405. The molecule has 0 atom stereocenters. The number of nitrogens with zero attached hydrogens (tertiary/aromatic N) is 3. The molecule has 0 bridgehead atoms. The largest absolute Gasteiger partial charge is 0.304 e. The number of hydrogen-bond acceptors (Lipinski definition) is 4. The van der Waals surface area contributed by atoms with Gasteiger partial charge in [0.25, 0.3) is 11.6 Å².